The molecule has 3 heterocycles. The Hall–Kier alpha value is -2.19. The molecule has 0 aliphatic carbocycles. The first-order chi connectivity index (χ1) is 14.2. The zero-order valence-corrected chi connectivity index (χ0v) is 20.3. The molecule has 0 spiro atoms. The molecule has 2 aromatic rings. The van der Waals surface area contributed by atoms with Crippen LogP contribution in [-0.2, 0) is 15.4 Å². The van der Waals surface area contributed by atoms with Crippen LogP contribution in [-0.4, -0.2) is 36.4 Å². The summed E-state index contributed by atoms with van der Waals surface area (Å²) in [6, 6.07) is 7.64. The van der Waals surface area contributed by atoms with Crippen LogP contribution >= 0.6 is 11.6 Å². The van der Waals surface area contributed by atoms with Crippen molar-refractivity contribution in [3.63, 3.8) is 0 Å². The molecule has 2 aromatic heterocycles. The summed E-state index contributed by atoms with van der Waals surface area (Å²) in [5.74, 6) is 0.136. The maximum Gasteiger partial charge on any atom is 0.281 e. The monoisotopic (exact) mass is 464 g/mol. The normalized spacial score (nSPS) is 18.8. The van der Waals surface area contributed by atoms with Crippen LogP contribution in [0.5, 0.6) is 0 Å². The summed E-state index contributed by atoms with van der Waals surface area (Å²) in [7, 11) is -4.19. The molecule has 0 radical (unpaired) electrons. The average molecular weight is 465 g/mol. The number of aromatic nitrogens is 2. The van der Waals surface area contributed by atoms with E-state index in [9.17, 15) is 13.2 Å². The zero-order chi connectivity index (χ0) is 23.2. The number of hydrogen-bond acceptors (Lipinski definition) is 6. The lowest BCUT2D eigenvalue weighted by Crippen LogP contribution is -2.44. The van der Waals surface area contributed by atoms with E-state index in [1.165, 1.54) is 18.2 Å². The lowest BCUT2D eigenvalue weighted by Gasteiger charge is -2.37. The molecular weight excluding hydrogens is 436 g/mol. The fourth-order valence-corrected chi connectivity index (χ4v) is 4.78. The molecule has 1 aliphatic rings. The minimum Gasteiger partial charge on any atom is -0.351 e. The first kappa shape index (κ1) is 23.5. The molecule has 31 heavy (non-hydrogen) atoms. The Bertz CT molecular complexity index is 1110. The summed E-state index contributed by atoms with van der Waals surface area (Å²) in [6.07, 6.45) is 0.959. The van der Waals surface area contributed by atoms with Crippen molar-refractivity contribution in [3.05, 3.63) is 46.7 Å². The van der Waals surface area contributed by atoms with Gasteiger partial charge in [0.1, 0.15) is 11.0 Å². The Balaban J connectivity index is 2.05. The van der Waals surface area contributed by atoms with E-state index in [1.54, 1.807) is 12.1 Å². The van der Waals surface area contributed by atoms with Crippen LogP contribution in [0.2, 0.25) is 5.15 Å². The topological polar surface area (TPSA) is 92.3 Å². The van der Waals surface area contributed by atoms with Crippen LogP contribution in [0.25, 0.3) is 0 Å². The molecule has 0 saturated carbocycles. The number of carbonyl (C=O) groups excluding carboxylic acids is 1. The second-order valence-corrected chi connectivity index (χ2v) is 11.6. The molecular formula is C22H29ClN4O3S. The van der Waals surface area contributed by atoms with Crippen LogP contribution in [0.15, 0.2) is 35.4 Å². The molecule has 1 amide bonds. The van der Waals surface area contributed by atoms with Crippen LogP contribution in [0.4, 0.5) is 5.82 Å². The number of nitrogens with zero attached hydrogens (tertiary/aromatic N) is 3. The van der Waals surface area contributed by atoms with Gasteiger partial charge in [0.2, 0.25) is 0 Å². The summed E-state index contributed by atoms with van der Waals surface area (Å²) in [6.45, 7) is 13.3. The van der Waals surface area contributed by atoms with Gasteiger partial charge >= 0.3 is 0 Å². The SMILES string of the molecule is CC1CCN(c2nc(C(C)(C)C)ccc2C(=O)NS(=O)(=O)c2cccc(Cl)n2)C1(C)C. The standard InChI is InChI=1S/C22H29ClN4O3S/c1-14-12-13-27(22(14,5)6)19-15(10-11-16(24-19)21(2,3)4)20(28)26-31(29,30)18-9-7-8-17(23)25-18/h7-11,14H,12-13H2,1-6H3,(H,26,28). The fourth-order valence-electron chi connectivity index (χ4n) is 3.63. The molecule has 0 bridgehead atoms. The highest BCUT2D eigenvalue weighted by Gasteiger charge is 2.41. The number of rotatable bonds is 4. The van der Waals surface area contributed by atoms with E-state index in [0.29, 0.717) is 11.7 Å². The van der Waals surface area contributed by atoms with Gasteiger partial charge in [-0.1, -0.05) is 45.4 Å². The Kier molecular flexibility index (Phi) is 6.10. The Morgan fingerprint density at radius 3 is 2.42 bits per heavy atom. The second kappa shape index (κ2) is 8.06. The largest absolute Gasteiger partial charge is 0.351 e. The maximum absolute atomic E-state index is 13.1. The van der Waals surface area contributed by atoms with Crippen molar-refractivity contribution in [3.8, 4) is 0 Å². The van der Waals surface area contributed by atoms with Crippen molar-refractivity contribution < 1.29 is 13.2 Å². The lowest BCUT2D eigenvalue weighted by molar-refractivity contribution is 0.0981. The highest BCUT2D eigenvalue weighted by atomic mass is 35.5. The quantitative estimate of drug-likeness (QED) is 0.682. The smallest absolute Gasteiger partial charge is 0.281 e. The molecule has 0 aromatic carbocycles. The van der Waals surface area contributed by atoms with Crippen LogP contribution in [0.1, 0.15) is 64.0 Å². The lowest BCUT2D eigenvalue weighted by atomic mass is 9.89. The summed E-state index contributed by atoms with van der Waals surface area (Å²) in [5.41, 5.74) is 0.580. The number of pyridine rings is 2. The van der Waals surface area contributed by atoms with E-state index in [1.807, 2.05) is 20.8 Å². The first-order valence-electron chi connectivity index (χ1n) is 10.2. The molecule has 1 fully saturated rings. The number of hydrogen-bond donors (Lipinski definition) is 1. The molecule has 1 aliphatic heterocycles. The van der Waals surface area contributed by atoms with Gasteiger partial charge in [-0.05, 0) is 50.5 Å². The number of amides is 1. The van der Waals surface area contributed by atoms with Crippen LogP contribution in [0.3, 0.4) is 0 Å². The van der Waals surface area contributed by atoms with Gasteiger partial charge in [0.15, 0.2) is 5.03 Å². The minimum atomic E-state index is -4.19. The third-order valence-corrected chi connectivity index (χ3v) is 7.47. The van der Waals surface area contributed by atoms with Crippen molar-refractivity contribution >= 4 is 33.3 Å². The van der Waals surface area contributed by atoms with Crippen molar-refractivity contribution in [1.82, 2.24) is 14.7 Å². The summed E-state index contributed by atoms with van der Waals surface area (Å²) >= 11 is 5.82. The van der Waals surface area contributed by atoms with Crippen molar-refractivity contribution in [2.24, 2.45) is 5.92 Å². The van der Waals surface area contributed by atoms with Crippen molar-refractivity contribution in [2.45, 2.75) is 63.9 Å². The van der Waals surface area contributed by atoms with Gasteiger partial charge in [0.25, 0.3) is 15.9 Å². The average Bonchev–Trinajstić information content (AvgIpc) is 2.93. The molecule has 168 valence electrons. The third kappa shape index (κ3) is 4.70. The van der Waals surface area contributed by atoms with E-state index < -0.39 is 15.9 Å². The van der Waals surface area contributed by atoms with Gasteiger partial charge in [-0.25, -0.2) is 14.7 Å². The van der Waals surface area contributed by atoms with Gasteiger partial charge in [-0.15, -0.1) is 0 Å². The van der Waals surface area contributed by atoms with E-state index in [0.717, 1.165) is 18.7 Å². The molecule has 1 atom stereocenters. The Labute approximate surface area is 189 Å². The maximum atomic E-state index is 13.1. The van der Waals surface area contributed by atoms with E-state index in [-0.39, 0.29) is 26.7 Å². The Morgan fingerprint density at radius 2 is 1.87 bits per heavy atom. The molecule has 1 unspecified atom stereocenters. The van der Waals surface area contributed by atoms with E-state index in [2.05, 4.69) is 35.4 Å². The molecule has 7 nitrogen and oxygen atoms in total. The number of carbonyl (C=O) groups is 1. The zero-order valence-electron chi connectivity index (χ0n) is 18.7. The van der Waals surface area contributed by atoms with Gasteiger partial charge < -0.3 is 4.90 Å². The van der Waals surface area contributed by atoms with Crippen molar-refractivity contribution in [1.29, 1.82) is 0 Å². The predicted molar refractivity (Wildman–Crippen MR) is 122 cm³/mol. The number of nitrogens with one attached hydrogen (secondary N) is 1. The first-order valence-corrected chi connectivity index (χ1v) is 12.1. The van der Waals surface area contributed by atoms with Crippen LogP contribution in [0, 0.1) is 5.92 Å². The van der Waals surface area contributed by atoms with Gasteiger partial charge in [0.05, 0.1) is 5.56 Å². The fraction of sp³-hybridized carbons (Fsp3) is 0.500. The number of halogens is 1. The molecule has 3 rings (SSSR count). The van der Waals surface area contributed by atoms with E-state index >= 15 is 0 Å². The summed E-state index contributed by atoms with van der Waals surface area (Å²) in [5, 5.41) is -0.288. The van der Waals surface area contributed by atoms with Gasteiger partial charge in [0, 0.05) is 23.2 Å². The van der Waals surface area contributed by atoms with Gasteiger partial charge in [-0.2, -0.15) is 8.42 Å². The third-order valence-electron chi connectivity index (χ3n) is 6.02. The molecule has 1 N–H and O–H groups in total. The molecule has 1 saturated heterocycles. The van der Waals surface area contributed by atoms with Crippen molar-refractivity contribution in [2.75, 3.05) is 11.4 Å². The number of anilines is 1. The number of sulfonamides is 1. The second-order valence-electron chi connectivity index (χ2n) is 9.55. The van der Waals surface area contributed by atoms with Crippen LogP contribution < -0.4 is 9.62 Å². The summed E-state index contributed by atoms with van der Waals surface area (Å²) < 4.78 is 27.6. The predicted octanol–water partition coefficient (Wildman–Crippen LogP) is 4.17. The summed E-state index contributed by atoms with van der Waals surface area (Å²) in [4.78, 5) is 23.9. The van der Waals surface area contributed by atoms with Gasteiger partial charge in [-0.3, -0.25) is 4.79 Å². The molecule has 9 heteroatoms. The minimum absolute atomic E-state index is 0.0278. The highest BCUT2D eigenvalue weighted by Crippen LogP contribution is 2.39. The highest BCUT2D eigenvalue weighted by molar-refractivity contribution is 7.90. The Morgan fingerprint density at radius 1 is 1.19 bits per heavy atom. The van der Waals surface area contributed by atoms with E-state index in [4.69, 9.17) is 16.6 Å².